The van der Waals surface area contributed by atoms with Gasteiger partial charge in [0.15, 0.2) is 5.82 Å². The third-order valence-corrected chi connectivity index (χ3v) is 7.97. The Bertz CT molecular complexity index is 1150. The Hall–Kier alpha value is -3.20. The molecular formula is C26H31N5O3S. The predicted octanol–water partition coefficient (Wildman–Crippen LogP) is 5.03. The predicted molar refractivity (Wildman–Crippen MR) is 137 cm³/mol. The van der Waals surface area contributed by atoms with Gasteiger partial charge in [-0.05, 0) is 42.0 Å². The summed E-state index contributed by atoms with van der Waals surface area (Å²) in [7, 11) is 0. The number of benzene rings is 1. The van der Waals surface area contributed by atoms with Gasteiger partial charge < -0.3 is 14.5 Å². The number of carbonyl (C=O) groups excluding carboxylic acids is 2. The van der Waals surface area contributed by atoms with E-state index in [1.807, 2.05) is 29.2 Å². The first-order valence-corrected chi connectivity index (χ1v) is 13.2. The van der Waals surface area contributed by atoms with Crippen LogP contribution in [0.25, 0.3) is 10.1 Å². The van der Waals surface area contributed by atoms with E-state index in [9.17, 15) is 9.59 Å². The number of rotatable bonds is 6. The minimum atomic E-state index is -0.226. The molecule has 3 amide bonds. The van der Waals surface area contributed by atoms with Gasteiger partial charge in [0.05, 0.1) is 17.7 Å². The van der Waals surface area contributed by atoms with Crippen LogP contribution < -0.4 is 10.1 Å². The smallest absolute Gasteiger partial charge is 0.323 e. The number of piperazine rings is 1. The molecule has 8 nitrogen and oxygen atoms in total. The molecule has 3 aromatic rings. The van der Waals surface area contributed by atoms with Crippen LogP contribution in [0.3, 0.4) is 0 Å². The highest BCUT2D eigenvalue weighted by atomic mass is 32.1. The third kappa shape index (κ3) is 5.90. The molecular weight excluding hydrogens is 462 g/mol. The second-order valence-corrected chi connectivity index (χ2v) is 10.3. The summed E-state index contributed by atoms with van der Waals surface area (Å²) in [6.45, 7) is 2.69. The Morgan fingerprint density at radius 1 is 1.03 bits per heavy atom. The van der Waals surface area contributed by atoms with Crippen molar-refractivity contribution in [2.75, 3.05) is 38.1 Å². The highest BCUT2D eigenvalue weighted by Gasteiger charge is 2.26. The molecule has 0 unspecified atom stereocenters. The largest absolute Gasteiger partial charge is 0.494 e. The van der Waals surface area contributed by atoms with Gasteiger partial charge in [0, 0.05) is 43.3 Å². The molecule has 9 heteroatoms. The first-order chi connectivity index (χ1) is 17.2. The fourth-order valence-corrected chi connectivity index (χ4v) is 5.87. The fourth-order valence-electron chi connectivity index (χ4n) is 4.86. The molecule has 1 saturated heterocycles. The molecule has 1 aliphatic heterocycles. The van der Waals surface area contributed by atoms with E-state index in [2.05, 4.69) is 15.3 Å². The van der Waals surface area contributed by atoms with Crippen molar-refractivity contribution in [1.82, 2.24) is 19.8 Å². The van der Waals surface area contributed by atoms with Crippen molar-refractivity contribution in [3.05, 3.63) is 47.7 Å². The van der Waals surface area contributed by atoms with Gasteiger partial charge in [0.1, 0.15) is 5.75 Å². The average Bonchev–Trinajstić information content (AvgIpc) is 3.33. The lowest BCUT2D eigenvalue weighted by Gasteiger charge is -2.34. The topological polar surface area (TPSA) is 87.7 Å². The molecule has 0 radical (unpaired) electrons. The van der Waals surface area contributed by atoms with Gasteiger partial charge in [-0.25, -0.2) is 9.78 Å². The number of nitrogens with zero attached hydrogens (tertiary/aromatic N) is 4. The number of hydrogen-bond donors (Lipinski definition) is 1. The van der Waals surface area contributed by atoms with Crippen LogP contribution in [0.2, 0.25) is 0 Å². The number of nitrogens with one attached hydrogen (secondary N) is 1. The van der Waals surface area contributed by atoms with Gasteiger partial charge in [-0.3, -0.25) is 15.1 Å². The Morgan fingerprint density at radius 3 is 2.60 bits per heavy atom. The summed E-state index contributed by atoms with van der Waals surface area (Å²) in [4.78, 5) is 37.9. The number of anilines is 1. The number of carbonyl (C=O) groups is 2. The normalized spacial score (nSPS) is 16.9. The van der Waals surface area contributed by atoms with Crippen LogP contribution in [0.1, 0.15) is 48.2 Å². The van der Waals surface area contributed by atoms with Gasteiger partial charge in [-0.2, -0.15) is 0 Å². The zero-order valence-corrected chi connectivity index (χ0v) is 20.6. The van der Waals surface area contributed by atoms with Gasteiger partial charge in [-0.1, -0.05) is 32.1 Å². The van der Waals surface area contributed by atoms with Crippen LogP contribution in [0.5, 0.6) is 5.75 Å². The lowest BCUT2D eigenvalue weighted by atomic mass is 9.87. The first kappa shape index (κ1) is 23.5. The molecule has 5 rings (SSSR count). The number of aromatic nitrogens is 2. The Morgan fingerprint density at radius 2 is 1.83 bits per heavy atom. The molecule has 2 aliphatic rings. The number of fused-ring (bicyclic) bond motifs is 1. The van der Waals surface area contributed by atoms with Gasteiger partial charge in [-0.15, -0.1) is 11.3 Å². The summed E-state index contributed by atoms with van der Waals surface area (Å²) >= 11 is 1.51. The van der Waals surface area contributed by atoms with Crippen molar-refractivity contribution >= 4 is 39.2 Å². The molecule has 1 aromatic carbocycles. The molecule has 35 heavy (non-hydrogen) atoms. The zero-order chi connectivity index (χ0) is 24.0. The summed E-state index contributed by atoms with van der Waals surface area (Å²) in [6.07, 6.45) is 12.5. The number of thiophene rings is 1. The van der Waals surface area contributed by atoms with Crippen LogP contribution in [0, 0.1) is 5.92 Å². The van der Waals surface area contributed by atoms with Crippen molar-refractivity contribution in [2.45, 2.75) is 38.5 Å². The minimum absolute atomic E-state index is 0.0138. The summed E-state index contributed by atoms with van der Waals surface area (Å²) in [5.74, 6) is 2.10. The fraction of sp³-hybridized carbons (Fsp3) is 0.462. The van der Waals surface area contributed by atoms with E-state index >= 15 is 0 Å². The van der Waals surface area contributed by atoms with Crippen LogP contribution in [-0.2, 0) is 0 Å². The quantitative estimate of drug-likeness (QED) is 0.520. The van der Waals surface area contributed by atoms with E-state index in [1.165, 1.54) is 55.8 Å². The van der Waals surface area contributed by atoms with Crippen molar-refractivity contribution in [2.24, 2.45) is 5.92 Å². The molecule has 3 heterocycles. The molecule has 1 N–H and O–H groups in total. The second kappa shape index (κ2) is 11.0. The van der Waals surface area contributed by atoms with Crippen LogP contribution in [-0.4, -0.2) is 64.5 Å². The summed E-state index contributed by atoms with van der Waals surface area (Å²) in [6, 6.07) is 7.82. The molecule has 184 valence electrons. The molecule has 0 atom stereocenters. The molecule has 0 bridgehead atoms. The molecule has 1 aliphatic carbocycles. The molecule has 1 saturated carbocycles. The van der Waals surface area contributed by atoms with Crippen molar-refractivity contribution in [3.8, 4) is 5.75 Å². The van der Waals surface area contributed by atoms with E-state index in [-0.39, 0.29) is 11.9 Å². The van der Waals surface area contributed by atoms with E-state index in [1.54, 1.807) is 11.1 Å². The Labute approximate surface area is 209 Å². The maximum Gasteiger partial charge on any atom is 0.323 e. The van der Waals surface area contributed by atoms with Crippen LogP contribution >= 0.6 is 11.3 Å². The minimum Gasteiger partial charge on any atom is -0.494 e. The monoisotopic (exact) mass is 493 g/mol. The first-order valence-electron chi connectivity index (χ1n) is 12.4. The molecule has 2 fully saturated rings. The summed E-state index contributed by atoms with van der Waals surface area (Å²) in [5, 5.41) is 3.78. The van der Waals surface area contributed by atoms with Gasteiger partial charge >= 0.3 is 6.03 Å². The Balaban J connectivity index is 1.13. The van der Waals surface area contributed by atoms with Crippen molar-refractivity contribution in [3.63, 3.8) is 0 Å². The molecule has 0 spiro atoms. The van der Waals surface area contributed by atoms with E-state index in [4.69, 9.17) is 4.74 Å². The SMILES string of the molecule is O=C(Nc1cnccn1)N1CCN(C(=O)c2cc3cc(OCCC4CCCCC4)ccc3s2)CC1. The molecule has 2 aromatic heterocycles. The maximum atomic E-state index is 13.1. The number of hydrogen-bond acceptors (Lipinski definition) is 6. The maximum absolute atomic E-state index is 13.1. The second-order valence-electron chi connectivity index (χ2n) is 9.25. The van der Waals surface area contributed by atoms with Crippen LogP contribution in [0.15, 0.2) is 42.9 Å². The van der Waals surface area contributed by atoms with Crippen LogP contribution in [0.4, 0.5) is 10.6 Å². The number of urea groups is 1. The number of amides is 3. The average molecular weight is 494 g/mol. The van der Waals surface area contributed by atoms with E-state index < -0.39 is 0 Å². The van der Waals surface area contributed by atoms with E-state index in [0.717, 1.165) is 39.7 Å². The van der Waals surface area contributed by atoms with E-state index in [0.29, 0.717) is 32.0 Å². The Kier molecular flexibility index (Phi) is 7.42. The highest BCUT2D eigenvalue weighted by Crippen LogP contribution is 2.31. The lowest BCUT2D eigenvalue weighted by molar-refractivity contribution is 0.0676. The summed E-state index contributed by atoms with van der Waals surface area (Å²) in [5.41, 5.74) is 0. The standard InChI is InChI=1S/C26H31N5O3S/c32-25(30-11-13-31(14-12-30)26(33)29-24-18-27-9-10-28-24)23-17-20-16-21(6-7-22(20)35-23)34-15-8-19-4-2-1-3-5-19/h6-7,9-10,16-19H,1-5,8,11-15H2,(H,28,29,33). The number of ether oxygens (including phenoxy) is 1. The third-order valence-electron chi connectivity index (χ3n) is 6.87. The van der Waals surface area contributed by atoms with Gasteiger partial charge in [0.25, 0.3) is 5.91 Å². The zero-order valence-electron chi connectivity index (χ0n) is 19.8. The lowest BCUT2D eigenvalue weighted by Crippen LogP contribution is -2.51. The summed E-state index contributed by atoms with van der Waals surface area (Å²) < 4.78 is 7.12. The highest BCUT2D eigenvalue weighted by molar-refractivity contribution is 7.20. The van der Waals surface area contributed by atoms with Crippen molar-refractivity contribution in [1.29, 1.82) is 0 Å². The van der Waals surface area contributed by atoms with Gasteiger partial charge in [0.2, 0.25) is 0 Å². The van der Waals surface area contributed by atoms with Crippen molar-refractivity contribution < 1.29 is 14.3 Å².